The van der Waals surface area contributed by atoms with Crippen LogP contribution in [0.1, 0.15) is 0 Å². The highest BCUT2D eigenvalue weighted by atomic mass is 16.6. The Labute approximate surface area is 370 Å². The number of carbonyl (C=O) groups is 7. The molecule has 0 aliphatic rings. The van der Waals surface area contributed by atoms with E-state index in [1.165, 1.54) is 14.7 Å². The summed E-state index contributed by atoms with van der Waals surface area (Å²) in [6, 6.07) is 0. The molecule has 0 saturated carbocycles. The Kier molecular flexibility index (Phi) is 31.3. The fraction of sp³-hybridized carbons (Fsp3) is 0.735. The molecule has 4 amide bonds. The Morgan fingerprint density at radius 2 is 0.738 bits per heavy atom. The minimum absolute atomic E-state index is 0.116. The lowest BCUT2D eigenvalue weighted by atomic mass is 10.0. The Morgan fingerprint density at radius 1 is 0.446 bits per heavy atom. The fourth-order valence-corrected chi connectivity index (χ4v) is 4.92. The SMILES string of the molecule is O=C(O)CN(CCN(CC(=O)O)CC(=O)NCCNC(=O)CO/N=C/[C@@H](O)C(O)[C@H](O)C(O)CO)CCN(CC(=O)O)CC(=O)NCCNC(=O)CO/N=C/[C@@H](O)C(O)[C@@H](O)C(O)CO. The molecule has 65 heavy (non-hydrogen) atoms. The van der Waals surface area contributed by atoms with Crippen LogP contribution in [0.4, 0.5) is 0 Å². The standard InChI is InChI=1S/C34H61N9O22/c44-16-22(48)33(62)31(60)20(46)9-39-64-18-26(52)37-3-1-35-24(50)11-42(14-29(56)57)7-5-41(13-28(54)55)6-8-43(15-30(58)59)12-25(51)36-2-4-38-27(53)19-65-40-10-21(47)32(61)34(63)23(49)17-45/h9-10,20-23,31-34,44-49,60-63H,1-8,11-19H2,(H,35,50)(H,36,51)(H,37,52)(H,38,53)(H,54,55)(H,56,57)(H,58,59)/b39-9+,40-10+/t20-,21-,22?,23?,31?,32?,33-,34+/m1/s1. The van der Waals surface area contributed by atoms with E-state index in [2.05, 4.69) is 41.3 Å². The first-order chi connectivity index (χ1) is 30.6. The largest absolute Gasteiger partial charge is 0.480 e. The highest BCUT2D eigenvalue weighted by molar-refractivity contribution is 5.80. The van der Waals surface area contributed by atoms with Crippen LogP contribution < -0.4 is 21.3 Å². The molecule has 0 aromatic carbocycles. The summed E-state index contributed by atoms with van der Waals surface area (Å²) in [5.74, 6) is -6.72. The van der Waals surface area contributed by atoms with Gasteiger partial charge < -0.3 is 97.3 Å². The minimum atomic E-state index is -1.94. The molecule has 0 aliphatic carbocycles. The summed E-state index contributed by atoms with van der Waals surface area (Å²) in [7, 11) is 0. The van der Waals surface area contributed by atoms with Crippen molar-refractivity contribution in [2.75, 3.05) is 112 Å². The van der Waals surface area contributed by atoms with Gasteiger partial charge >= 0.3 is 17.9 Å². The number of aliphatic carboxylic acids is 3. The Hall–Kier alpha value is -5.29. The molecule has 4 unspecified atom stereocenters. The molecule has 0 heterocycles. The van der Waals surface area contributed by atoms with E-state index in [0.717, 1.165) is 0 Å². The summed E-state index contributed by atoms with van der Waals surface area (Å²) in [6.45, 7) is -6.96. The molecule has 17 N–H and O–H groups in total. The number of rotatable bonds is 38. The van der Waals surface area contributed by atoms with Crippen molar-refractivity contribution in [2.45, 2.75) is 48.8 Å². The molecule has 0 spiro atoms. The third kappa shape index (κ3) is 29.0. The normalized spacial score (nSPS) is 15.5. The third-order valence-corrected chi connectivity index (χ3v) is 8.34. The number of nitrogens with zero attached hydrogens (tertiary/aromatic N) is 5. The second kappa shape index (κ2) is 34.1. The zero-order valence-electron chi connectivity index (χ0n) is 35.0. The zero-order valence-corrected chi connectivity index (χ0v) is 35.0. The van der Waals surface area contributed by atoms with Gasteiger partial charge in [-0.2, -0.15) is 0 Å². The van der Waals surface area contributed by atoms with Gasteiger partial charge in [-0.15, -0.1) is 0 Å². The van der Waals surface area contributed by atoms with E-state index < -0.39 is 150 Å². The second-order valence-electron chi connectivity index (χ2n) is 13.8. The summed E-state index contributed by atoms with van der Waals surface area (Å²) in [5, 5.41) is 138. The van der Waals surface area contributed by atoms with Gasteiger partial charge in [0.1, 0.15) is 48.8 Å². The predicted octanol–water partition coefficient (Wildman–Crippen LogP) is -11.5. The highest BCUT2D eigenvalue weighted by Gasteiger charge is 2.30. The van der Waals surface area contributed by atoms with Crippen molar-refractivity contribution in [3.8, 4) is 0 Å². The smallest absolute Gasteiger partial charge is 0.317 e. The van der Waals surface area contributed by atoms with Gasteiger partial charge in [-0.1, -0.05) is 10.3 Å². The van der Waals surface area contributed by atoms with Gasteiger partial charge in [0, 0.05) is 52.4 Å². The molecule has 0 fully saturated rings. The first-order valence-corrected chi connectivity index (χ1v) is 19.5. The molecule has 0 rings (SSSR count). The van der Waals surface area contributed by atoms with E-state index in [1.807, 2.05) is 0 Å². The molecule has 0 radical (unpaired) electrons. The van der Waals surface area contributed by atoms with E-state index in [9.17, 15) is 89.7 Å². The summed E-state index contributed by atoms with van der Waals surface area (Å²) in [4.78, 5) is 96.6. The van der Waals surface area contributed by atoms with Crippen molar-refractivity contribution < 1.29 is 110 Å². The van der Waals surface area contributed by atoms with E-state index >= 15 is 0 Å². The van der Waals surface area contributed by atoms with E-state index in [0.29, 0.717) is 12.4 Å². The third-order valence-electron chi connectivity index (χ3n) is 8.34. The molecule has 31 heteroatoms. The van der Waals surface area contributed by atoms with Crippen LogP contribution in [0.25, 0.3) is 0 Å². The fourth-order valence-electron chi connectivity index (χ4n) is 4.92. The molecule has 0 aromatic heterocycles. The maximum atomic E-state index is 12.6. The van der Waals surface area contributed by atoms with Crippen LogP contribution in [0.2, 0.25) is 0 Å². The molecule has 0 saturated heterocycles. The maximum absolute atomic E-state index is 12.6. The number of hydrogen-bond donors (Lipinski definition) is 17. The molecule has 0 bridgehead atoms. The minimum Gasteiger partial charge on any atom is -0.480 e. The van der Waals surface area contributed by atoms with Gasteiger partial charge in [-0.25, -0.2) is 0 Å². The first-order valence-electron chi connectivity index (χ1n) is 19.5. The number of oxime groups is 2. The first kappa shape index (κ1) is 59.7. The number of carboxylic acids is 3. The molecule has 0 aliphatic heterocycles. The number of hydrogen-bond acceptors (Lipinski definition) is 24. The molecular weight excluding hydrogens is 886 g/mol. The molecule has 0 aromatic rings. The van der Waals surface area contributed by atoms with Crippen LogP contribution in [-0.2, 0) is 43.2 Å². The van der Waals surface area contributed by atoms with Gasteiger partial charge in [-0.3, -0.25) is 48.3 Å². The van der Waals surface area contributed by atoms with Crippen molar-refractivity contribution in [3.63, 3.8) is 0 Å². The zero-order chi connectivity index (χ0) is 49.5. The lowest BCUT2D eigenvalue weighted by Gasteiger charge is -2.28. The maximum Gasteiger partial charge on any atom is 0.317 e. The average molecular weight is 948 g/mol. The molecule has 374 valence electrons. The van der Waals surface area contributed by atoms with E-state index in [4.69, 9.17) is 10.2 Å². The van der Waals surface area contributed by atoms with Crippen LogP contribution in [0.15, 0.2) is 10.3 Å². The number of aliphatic hydroxyl groups is 10. The van der Waals surface area contributed by atoms with Crippen LogP contribution in [0, 0.1) is 0 Å². The van der Waals surface area contributed by atoms with Gasteiger partial charge in [0.15, 0.2) is 13.2 Å². The van der Waals surface area contributed by atoms with Gasteiger partial charge in [-0.05, 0) is 0 Å². The van der Waals surface area contributed by atoms with Crippen molar-refractivity contribution in [1.29, 1.82) is 0 Å². The van der Waals surface area contributed by atoms with Gasteiger partial charge in [0.05, 0.1) is 58.4 Å². The summed E-state index contributed by atoms with van der Waals surface area (Å²) in [6.07, 6.45) is -13.6. The number of nitrogens with one attached hydrogen (secondary N) is 4. The summed E-state index contributed by atoms with van der Waals surface area (Å²) in [5.41, 5.74) is 0. The Morgan fingerprint density at radius 3 is 1.05 bits per heavy atom. The van der Waals surface area contributed by atoms with Crippen LogP contribution in [0.5, 0.6) is 0 Å². The number of carboxylic acid groups (broad SMARTS) is 3. The Bertz CT molecular complexity index is 1410. The summed E-state index contributed by atoms with van der Waals surface area (Å²) < 4.78 is 0. The summed E-state index contributed by atoms with van der Waals surface area (Å²) >= 11 is 0. The number of carbonyl (C=O) groups excluding carboxylic acids is 4. The van der Waals surface area contributed by atoms with Crippen molar-refractivity contribution in [1.82, 2.24) is 36.0 Å². The molecule has 8 atom stereocenters. The van der Waals surface area contributed by atoms with Crippen molar-refractivity contribution in [2.24, 2.45) is 10.3 Å². The second-order valence-corrected chi connectivity index (χ2v) is 13.8. The van der Waals surface area contributed by atoms with Crippen LogP contribution in [0.3, 0.4) is 0 Å². The average Bonchev–Trinajstić information content (AvgIpc) is 3.25. The topological polar surface area (TPSA) is 484 Å². The lowest BCUT2D eigenvalue weighted by Crippen LogP contribution is -2.48. The molecular formula is C34H61N9O22. The van der Waals surface area contributed by atoms with Crippen molar-refractivity contribution in [3.05, 3.63) is 0 Å². The number of aliphatic hydroxyl groups excluding tert-OH is 10. The lowest BCUT2D eigenvalue weighted by molar-refractivity contribution is -0.141. The quantitative estimate of drug-likeness (QED) is 0.0155. The predicted molar refractivity (Wildman–Crippen MR) is 215 cm³/mol. The van der Waals surface area contributed by atoms with E-state index in [1.54, 1.807) is 0 Å². The van der Waals surface area contributed by atoms with Crippen LogP contribution >= 0.6 is 0 Å². The monoisotopic (exact) mass is 947 g/mol. The van der Waals surface area contributed by atoms with Gasteiger partial charge in [0.25, 0.3) is 11.8 Å². The van der Waals surface area contributed by atoms with Crippen molar-refractivity contribution >= 4 is 54.0 Å². The van der Waals surface area contributed by atoms with Crippen LogP contribution in [-0.4, -0.2) is 295 Å². The molecule has 31 nitrogen and oxygen atoms in total. The highest BCUT2D eigenvalue weighted by Crippen LogP contribution is 2.05. The van der Waals surface area contributed by atoms with Gasteiger partial charge in [0.2, 0.25) is 11.8 Å². The Balaban J connectivity index is 4.90. The number of amides is 4. The van der Waals surface area contributed by atoms with E-state index in [-0.39, 0.29) is 52.4 Å².